The molecule has 4 heteroatoms. The number of hydrogen-bond donors (Lipinski definition) is 0. The first-order valence-corrected chi connectivity index (χ1v) is 6.25. The highest BCUT2D eigenvalue weighted by Gasteiger charge is 2.24. The predicted octanol–water partition coefficient (Wildman–Crippen LogP) is 2.74. The molecule has 1 heterocycles. The lowest BCUT2D eigenvalue weighted by Gasteiger charge is -2.31. The first-order chi connectivity index (χ1) is 8.66. The molecule has 0 unspecified atom stereocenters. The van der Waals surface area contributed by atoms with Crippen LogP contribution in [0.3, 0.4) is 0 Å². The molecular formula is C14H19FO3. The van der Waals surface area contributed by atoms with Gasteiger partial charge in [-0.2, -0.15) is 0 Å². The van der Waals surface area contributed by atoms with E-state index in [4.69, 9.17) is 14.2 Å². The molecule has 1 aliphatic heterocycles. The van der Waals surface area contributed by atoms with Gasteiger partial charge in [-0.1, -0.05) is 32.0 Å². The van der Waals surface area contributed by atoms with Gasteiger partial charge in [0.05, 0.1) is 19.8 Å². The Labute approximate surface area is 107 Å². The summed E-state index contributed by atoms with van der Waals surface area (Å²) in [6.45, 7) is 5.33. The predicted molar refractivity (Wildman–Crippen MR) is 65.5 cm³/mol. The van der Waals surface area contributed by atoms with Crippen molar-refractivity contribution < 1.29 is 18.6 Å². The molecule has 3 nitrogen and oxygen atoms in total. The lowest BCUT2D eigenvalue weighted by atomic mass is 10.2. The number of halogens is 1. The summed E-state index contributed by atoms with van der Waals surface area (Å²) in [5, 5.41) is 0. The maximum absolute atomic E-state index is 13.4. The Morgan fingerprint density at radius 2 is 1.94 bits per heavy atom. The highest BCUT2D eigenvalue weighted by molar-refractivity contribution is 5.16. The molecule has 2 rings (SSSR count). The van der Waals surface area contributed by atoms with Gasteiger partial charge in [0, 0.05) is 11.5 Å². The lowest BCUT2D eigenvalue weighted by Crippen LogP contribution is -2.39. The summed E-state index contributed by atoms with van der Waals surface area (Å²) < 4.78 is 30.0. The fourth-order valence-corrected chi connectivity index (χ4v) is 1.80. The van der Waals surface area contributed by atoms with Crippen LogP contribution in [0.15, 0.2) is 24.3 Å². The van der Waals surface area contributed by atoms with Crippen molar-refractivity contribution in [1.82, 2.24) is 0 Å². The zero-order valence-corrected chi connectivity index (χ0v) is 10.8. The van der Waals surface area contributed by atoms with Crippen LogP contribution in [0, 0.1) is 11.7 Å². The topological polar surface area (TPSA) is 27.7 Å². The summed E-state index contributed by atoms with van der Waals surface area (Å²) in [6, 6.07) is 6.61. The second-order valence-corrected chi connectivity index (χ2v) is 4.80. The third-order valence-corrected chi connectivity index (χ3v) is 2.87. The minimum atomic E-state index is -0.241. The molecule has 0 spiro atoms. The van der Waals surface area contributed by atoms with Crippen molar-refractivity contribution >= 4 is 0 Å². The number of rotatable bonds is 4. The van der Waals surface area contributed by atoms with E-state index in [1.807, 2.05) is 13.8 Å². The van der Waals surface area contributed by atoms with Gasteiger partial charge < -0.3 is 14.2 Å². The summed E-state index contributed by atoms with van der Waals surface area (Å²) in [7, 11) is 0. The van der Waals surface area contributed by atoms with Crippen molar-refractivity contribution in [2.24, 2.45) is 5.92 Å². The van der Waals surface area contributed by atoms with Crippen molar-refractivity contribution in [2.75, 3.05) is 13.2 Å². The molecule has 0 N–H and O–H groups in total. The van der Waals surface area contributed by atoms with Gasteiger partial charge in [-0.15, -0.1) is 0 Å². The molecule has 1 aromatic rings. The van der Waals surface area contributed by atoms with Crippen molar-refractivity contribution in [3.05, 3.63) is 35.6 Å². The Morgan fingerprint density at radius 3 is 2.56 bits per heavy atom. The molecule has 0 aliphatic carbocycles. The number of ether oxygens (including phenoxy) is 3. The Kier molecular flexibility index (Phi) is 4.69. The molecule has 0 aromatic heterocycles. The van der Waals surface area contributed by atoms with Crippen molar-refractivity contribution in [1.29, 1.82) is 0 Å². The van der Waals surface area contributed by atoms with Crippen LogP contribution in [0.25, 0.3) is 0 Å². The van der Waals surface area contributed by atoms with Crippen LogP contribution in [0.2, 0.25) is 0 Å². The Hall–Kier alpha value is -0.970. The second-order valence-electron chi connectivity index (χ2n) is 4.80. The van der Waals surface area contributed by atoms with Crippen LogP contribution >= 0.6 is 0 Å². The van der Waals surface area contributed by atoms with Crippen LogP contribution < -0.4 is 0 Å². The minimum absolute atomic E-state index is 0.125. The molecule has 0 atom stereocenters. The standard InChI is InChI=1S/C14H19FO3/c1-10(2)14-17-8-12(9-18-14)16-7-11-5-3-4-6-13(11)15/h3-6,10,12,14H,7-9H2,1-2H3. The van der Waals surface area contributed by atoms with Gasteiger partial charge in [-0.3, -0.25) is 0 Å². The SMILES string of the molecule is CC(C)C1OCC(OCc2ccccc2F)CO1. The molecule has 1 aromatic carbocycles. The first kappa shape index (κ1) is 13.5. The molecule has 1 fully saturated rings. The smallest absolute Gasteiger partial charge is 0.160 e. The van der Waals surface area contributed by atoms with E-state index in [1.54, 1.807) is 18.2 Å². The van der Waals surface area contributed by atoms with Gasteiger partial charge in [0.25, 0.3) is 0 Å². The molecule has 1 aliphatic rings. The van der Waals surface area contributed by atoms with Crippen LogP contribution in [-0.4, -0.2) is 25.6 Å². The third-order valence-electron chi connectivity index (χ3n) is 2.87. The maximum Gasteiger partial charge on any atom is 0.160 e. The molecule has 100 valence electrons. The monoisotopic (exact) mass is 254 g/mol. The average Bonchev–Trinajstić information content (AvgIpc) is 2.38. The fourth-order valence-electron chi connectivity index (χ4n) is 1.80. The summed E-state index contributed by atoms with van der Waals surface area (Å²) in [5.74, 6) is 0.0905. The van der Waals surface area contributed by atoms with Gasteiger partial charge in [0.15, 0.2) is 6.29 Å². The van der Waals surface area contributed by atoms with Gasteiger partial charge in [0.1, 0.15) is 11.9 Å². The van der Waals surface area contributed by atoms with E-state index in [0.717, 1.165) is 0 Å². The van der Waals surface area contributed by atoms with Crippen LogP contribution in [-0.2, 0) is 20.8 Å². The van der Waals surface area contributed by atoms with Crippen LogP contribution in [0.1, 0.15) is 19.4 Å². The Bertz CT molecular complexity index is 373. The van der Waals surface area contributed by atoms with Crippen molar-refractivity contribution in [2.45, 2.75) is 32.8 Å². The average molecular weight is 254 g/mol. The van der Waals surface area contributed by atoms with Crippen LogP contribution in [0.4, 0.5) is 4.39 Å². The number of benzene rings is 1. The Balaban J connectivity index is 1.77. The van der Waals surface area contributed by atoms with E-state index < -0.39 is 0 Å². The first-order valence-electron chi connectivity index (χ1n) is 6.25. The van der Waals surface area contributed by atoms with E-state index >= 15 is 0 Å². The van der Waals surface area contributed by atoms with Crippen LogP contribution in [0.5, 0.6) is 0 Å². The van der Waals surface area contributed by atoms with E-state index in [9.17, 15) is 4.39 Å². The molecule has 0 amide bonds. The number of hydrogen-bond acceptors (Lipinski definition) is 3. The third kappa shape index (κ3) is 3.51. The van der Waals surface area contributed by atoms with Gasteiger partial charge in [-0.05, 0) is 6.07 Å². The largest absolute Gasteiger partial charge is 0.369 e. The van der Waals surface area contributed by atoms with Gasteiger partial charge in [-0.25, -0.2) is 4.39 Å². The molecule has 1 saturated heterocycles. The summed E-state index contributed by atoms with van der Waals surface area (Å²) in [4.78, 5) is 0. The van der Waals surface area contributed by atoms with Gasteiger partial charge in [0.2, 0.25) is 0 Å². The van der Waals surface area contributed by atoms with E-state index in [-0.39, 0.29) is 24.8 Å². The zero-order chi connectivity index (χ0) is 13.0. The highest BCUT2D eigenvalue weighted by atomic mass is 19.1. The molecule has 0 saturated carbocycles. The fraction of sp³-hybridized carbons (Fsp3) is 0.571. The summed E-state index contributed by atoms with van der Waals surface area (Å²) in [5.41, 5.74) is 0.559. The molecular weight excluding hydrogens is 235 g/mol. The Morgan fingerprint density at radius 1 is 1.28 bits per heavy atom. The highest BCUT2D eigenvalue weighted by Crippen LogP contribution is 2.17. The molecule has 18 heavy (non-hydrogen) atoms. The van der Waals surface area contributed by atoms with Gasteiger partial charge >= 0.3 is 0 Å². The minimum Gasteiger partial charge on any atom is -0.369 e. The summed E-state index contributed by atoms with van der Waals surface area (Å²) in [6.07, 6.45) is -0.280. The van der Waals surface area contributed by atoms with Crippen molar-refractivity contribution in [3.63, 3.8) is 0 Å². The summed E-state index contributed by atoms with van der Waals surface area (Å²) >= 11 is 0. The normalized spacial score (nSPS) is 24.4. The second kappa shape index (κ2) is 6.27. The zero-order valence-electron chi connectivity index (χ0n) is 10.8. The van der Waals surface area contributed by atoms with E-state index in [0.29, 0.717) is 24.7 Å². The maximum atomic E-state index is 13.4. The molecule has 0 bridgehead atoms. The lowest BCUT2D eigenvalue weighted by molar-refractivity contribution is -0.243. The van der Waals surface area contributed by atoms with E-state index in [1.165, 1.54) is 6.07 Å². The quantitative estimate of drug-likeness (QED) is 0.827. The molecule has 0 radical (unpaired) electrons. The van der Waals surface area contributed by atoms with Crippen molar-refractivity contribution in [3.8, 4) is 0 Å². The van der Waals surface area contributed by atoms with E-state index in [2.05, 4.69) is 0 Å².